The van der Waals surface area contributed by atoms with Gasteiger partial charge in [0.15, 0.2) is 0 Å². The lowest BCUT2D eigenvalue weighted by Crippen LogP contribution is -2.12. The van der Waals surface area contributed by atoms with Crippen molar-refractivity contribution in [3.63, 3.8) is 0 Å². The van der Waals surface area contributed by atoms with Gasteiger partial charge in [0.1, 0.15) is 12.4 Å². The molecule has 0 aromatic heterocycles. The zero-order valence-corrected chi connectivity index (χ0v) is 12.9. The quantitative estimate of drug-likeness (QED) is 0.874. The third-order valence-electron chi connectivity index (χ3n) is 3.44. The van der Waals surface area contributed by atoms with Crippen molar-refractivity contribution in [3.8, 4) is 5.75 Å². The molecule has 0 fully saturated rings. The minimum absolute atomic E-state index is 0.346. The highest BCUT2D eigenvalue weighted by atomic mass is 35.5. The van der Waals surface area contributed by atoms with Crippen molar-refractivity contribution >= 4 is 11.6 Å². The van der Waals surface area contributed by atoms with Crippen molar-refractivity contribution in [1.29, 1.82) is 0 Å². The largest absolute Gasteiger partial charge is 0.489 e. The summed E-state index contributed by atoms with van der Waals surface area (Å²) in [6, 6.07) is 14.4. The minimum Gasteiger partial charge on any atom is -0.489 e. The van der Waals surface area contributed by atoms with E-state index in [-0.39, 0.29) is 0 Å². The van der Waals surface area contributed by atoms with Crippen LogP contribution in [0.3, 0.4) is 0 Å². The topological polar surface area (TPSA) is 21.3 Å². The van der Waals surface area contributed by atoms with Gasteiger partial charge in [-0.3, -0.25) is 0 Å². The van der Waals surface area contributed by atoms with Crippen molar-refractivity contribution in [1.82, 2.24) is 5.32 Å². The van der Waals surface area contributed by atoms with Crippen LogP contribution in [0.1, 0.15) is 29.7 Å². The first-order valence-corrected chi connectivity index (χ1v) is 7.13. The van der Waals surface area contributed by atoms with E-state index in [0.717, 1.165) is 21.9 Å². The maximum atomic E-state index is 5.87. The van der Waals surface area contributed by atoms with Crippen LogP contribution in [0.25, 0.3) is 0 Å². The molecule has 106 valence electrons. The van der Waals surface area contributed by atoms with Gasteiger partial charge in [0.05, 0.1) is 0 Å². The van der Waals surface area contributed by atoms with Crippen LogP contribution in [0.2, 0.25) is 5.02 Å². The fourth-order valence-electron chi connectivity index (χ4n) is 2.01. The van der Waals surface area contributed by atoms with E-state index in [2.05, 4.69) is 31.3 Å². The van der Waals surface area contributed by atoms with E-state index in [0.29, 0.717) is 12.6 Å². The molecule has 0 spiro atoms. The molecule has 0 saturated carbocycles. The molecule has 2 aromatic rings. The highest BCUT2D eigenvalue weighted by Crippen LogP contribution is 2.23. The molecule has 0 radical (unpaired) electrons. The predicted molar refractivity (Wildman–Crippen MR) is 84.4 cm³/mol. The molecule has 2 nitrogen and oxygen atoms in total. The number of benzene rings is 2. The van der Waals surface area contributed by atoms with E-state index < -0.39 is 0 Å². The molecule has 3 heteroatoms. The van der Waals surface area contributed by atoms with E-state index in [1.165, 1.54) is 5.56 Å². The second-order valence-electron chi connectivity index (χ2n) is 4.95. The van der Waals surface area contributed by atoms with Crippen LogP contribution in [0.15, 0.2) is 42.5 Å². The van der Waals surface area contributed by atoms with Crippen molar-refractivity contribution < 1.29 is 4.74 Å². The number of halogens is 1. The fraction of sp³-hybridized carbons (Fsp3) is 0.294. The summed E-state index contributed by atoms with van der Waals surface area (Å²) in [4.78, 5) is 0. The highest BCUT2D eigenvalue weighted by Gasteiger charge is 2.06. The summed E-state index contributed by atoms with van der Waals surface area (Å²) >= 11 is 5.87. The van der Waals surface area contributed by atoms with Gasteiger partial charge in [-0.05, 0) is 55.8 Å². The SMILES string of the molecule is CNC(C)c1ccc(OCc2ccc(Cl)cc2)c(C)c1. The Labute approximate surface area is 125 Å². The van der Waals surface area contributed by atoms with Gasteiger partial charge in [-0.15, -0.1) is 0 Å². The molecule has 0 amide bonds. The molecule has 20 heavy (non-hydrogen) atoms. The summed E-state index contributed by atoms with van der Waals surface area (Å²) in [6.07, 6.45) is 0. The van der Waals surface area contributed by atoms with Crippen molar-refractivity contribution in [2.75, 3.05) is 7.05 Å². The Bertz CT molecular complexity index is 566. The average molecular weight is 290 g/mol. The van der Waals surface area contributed by atoms with Crippen LogP contribution in [0.4, 0.5) is 0 Å². The molecule has 1 N–H and O–H groups in total. The second kappa shape index (κ2) is 6.78. The summed E-state index contributed by atoms with van der Waals surface area (Å²) in [6.45, 7) is 4.77. The third-order valence-corrected chi connectivity index (χ3v) is 3.69. The van der Waals surface area contributed by atoms with Gasteiger partial charge in [0.2, 0.25) is 0 Å². The van der Waals surface area contributed by atoms with Crippen LogP contribution in [-0.4, -0.2) is 7.05 Å². The van der Waals surface area contributed by atoms with Crippen LogP contribution < -0.4 is 10.1 Å². The van der Waals surface area contributed by atoms with Gasteiger partial charge in [-0.2, -0.15) is 0 Å². The zero-order valence-electron chi connectivity index (χ0n) is 12.1. The Kier molecular flexibility index (Phi) is 5.05. The Morgan fingerprint density at radius 2 is 1.85 bits per heavy atom. The zero-order chi connectivity index (χ0) is 14.5. The molecule has 1 unspecified atom stereocenters. The van der Waals surface area contributed by atoms with Crippen molar-refractivity contribution in [3.05, 3.63) is 64.2 Å². The van der Waals surface area contributed by atoms with Gasteiger partial charge < -0.3 is 10.1 Å². The standard InChI is InChI=1S/C17H20ClNO/c1-12-10-15(13(2)19-3)6-9-17(12)20-11-14-4-7-16(18)8-5-14/h4-10,13,19H,11H2,1-3H3. The summed E-state index contributed by atoms with van der Waals surface area (Å²) < 4.78 is 5.87. The lowest BCUT2D eigenvalue weighted by Gasteiger charge is -2.14. The molecular formula is C17H20ClNO. The first-order chi connectivity index (χ1) is 9.60. The van der Waals surface area contributed by atoms with Gasteiger partial charge >= 0.3 is 0 Å². The fourth-order valence-corrected chi connectivity index (χ4v) is 2.14. The number of aryl methyl sites for hydroxylation is 1. The summed E-state index contributed by atoms with van der Waals surface area (Å²) in [5, 5.41) is 3.98. The summed E-state index contributed by atoms with van der Waals surface area (Å²) in [5.74, 6) is 0.923. The monoisotopic (exact) mass is 289 g/mol. The number of ether oxygens (including phenoxy) is 1. The normalized spacial score (nSPS) is 12.2. The van der Waals surface area contributed by atoms with E-state index in [4.69, 9.17) is 16.3 Å². The van der Waals surface area contributed by atoms with E-state index in [1.54, 1.807) is 0 Å². The smallest absolute Gasteiger partial charge is 0.122 e. The number of rotatable bonds is 5. The first kappa shape index (κ1) is 14.9. The molecule has 0 bridgehead atoms. The molecule has 0 aliphatic heterocycles. The van der Waals surface area contributed by atoms with Crippen LogP contribution >= 0.6 is 11.6 Å². The van der Waals surface area contributed by atoms with Crippen molar-refractivity contribution in [2.24, 2.45) is 0 Å². The Hall–Kier alpha value is -1.51. The first-order valence-electron chi connectivity index (χ1n) is 6.75. The number of hydrogen-bond donors (Lipinski definition) is 1. The second-order valence-corrected chi connectivity index (χ2v) is 5.39. The Morgan fingerprint density at radius 1 is 1.15 bits per heavy atom. The summed E-state index contributed by atoms with van der Waals surface area (Å²) in [5.41, 5.74) is 3.53. The lowest BCUT2D eigenvalue weighted by atomic mass is 10.1. The molecule has 0 aliphatic rings. The van der Waals surface area contributed by atoms with Gasteiger partial charge in [-0.1, -0.05) is 35.9 Å². The maximum absolute atomic E-state index is 5.87. The van der Waals surface area contributed by atoms with E-state index >= 15 is 0 Å². The molecule has 0 heterocycles. The molecule has 0 aliphatic carbocycles. The molecule has 2 aromatic carbocycles. The number of hydrogen-bond acceptors (Lipinski definition) is 2. The average Bonchev–Trinajstić information content (AvgIpc) is 2.46. The van der Waals surface area contributed by atoms with Gasteiger partial charge in [0, 0.05) is 11.1 Å². The third kappa shape index (κ3) is 3.75. The van der Waals surface area contributed by atoms with Crippen molar-refractivity contribution in [2.45, 2.75) is 26.5 Å². The molecule has 1 atom stereocenters. The van der Waals surface area contributed by atoms with Crippen LogP contribution in [-0.2, 0) is 6.61 Å². The lowest BCUT2D eigenvalue weighted by molar-refractivity contribution is 0.304. The molecule has 0 saturated heterocycles. The van der Waals surface area contributed by atoms with Gasteiger partial charge in [0.25, 0.3) is 0 Å². The number of nitrogens with one attached hydrogen (secondary N) is 1. The minimum atomic E-state index is 0.346. The predicted octanol–water partition coefficient (Wildman–Crippen LogP) is 4.51. The Balaban J connectivity index is 2.04. The van der Waals surface area contributed by atoms with Crippen LogP contribution in [0.5, 0.6) is 5.75 Å². The maximum Gasteiger partial charge on any atom is 0.122 e. The van der Waals surface area contributed by atoms with Crippen LogP contribution in [0, 0.1) is 6.92 Å². The Morgan fingerprint density at radius 3 is 2.45 bits per heavy atom. The van der Waals surface area contributed by atoms with Gasteiger partial charge in [-0.25, -0.2) is 0 Å². The van der Waals surface area contributed by atoms with E-state index in [1.807, 2.05) is 37.4 Å². The molecular weight excluding hydrogens is 270 g/mol. The summed E-state index contributed by atoms with van der Waals surface area (Å²) in [7, 11) is 1.96. The van der Waals surface area contributed by atoms with E-state index in [9.17, 15) is 0 Å². The molecule has 2 rings (SSSR count). The highest BCUT2D eigenvalue weighted by molar-refractivity contribution is 6.30.